The number of hydrogen-bond acceptors (Lipinski definition) is 3. The molecule has 1 aliphatic rings. The number of likely N-dealkylation sites (N-methyl/N-ethyl adjacent to an activating group) is 1. The fourth-order valence-electron chi connectivity index (χ4n) is 2.48. The van der Waals surface area contributed by atoms with Crippen molar-refractivity contribution in [2.24, 2.45) is 0 Å². The lowest BCUT2D eigenvalue weighted by Gasteiger charge is -2.17. The third kappa shape index (κ3) is 3.11. The van der Waals surface area contributed by atoms with E-state index in [1.165, 1.54) is 0 Å². The Morgan fingerprint density at radius 3 is 2.52 bits per heavy atom. The molecule has 1 aliphatic heterocycles. The number of urea groups is 1. The second kappa shape index (κ2) is 6.00. The van der Waals surface area contributed by atoms with E-state index < -0.39 is 0 Å². The first-order valence-electron chi connectivity index (χ1n) is 7.34. The van der Waals surface area contributed by atoms with Gasteiger partial charge >= 0.3 is 6.03 Å². The highest BCUT2D eigenvalue weighted by Crippen LogP contribution is 2.23. The Kier molecular flexibility index (Phi) is 3.89. The molecule has 0 unspecified atom stereocenters. The Morgan fingerprint density at radius 1 is 1.13 bits per heavy atom. The Balaban J connectivity index is 1.76. The molecule has 0 aliphatic carbocycles. The normalized spacial score (nSPS) is 14.2. The summed E-state index contributed by atoms with van der Waals surface area (Å²) in [6.07, 6.45) is 0. The smallest absolute Gasteiger partial charge is 0.324 e. The van der Waals surface area contributed by atoms with Crippen LogP contribution in [0.25, 0.3) is 0 Å². The first-order chi connectivity index (χ1) is 11.0. The van der Waals surface area contributed by atoms with Gasteiger partial charge in [0.2, 0.25) is 0 Å². The molecule has 0 saturated carbocycles. The number of carbonyl (C=O) groups excluding carboxylic acids is 2. The highest BCUT2D eigenvalue weighted by Gasteiger charge is 2.26. The molecular weight excluding hydrogens is 292 g/mol. The van der Waals surface area contributed by atoms with Gasteiger partial charge in [0.1, 0.15) is 0 Å². The fourth-order valence-corrected chi connectivity index (χ4v) is 2.48. The number of benzene rings is 2. The molecule has 2 aromatic rings. The topological polar surface area (TPSA) is 78.7 Å². The van der Waals surface area contributed by atoms with E-state index in [2.05, 4.69) is 5.32 Å². The molecule has 0 aromatic heterocycles. The minimum absolute atomic E-state index is 0.0352. The summed E-state index contributed by atoms with van der Waals surface area (Å²) < 4.78 is 0. The van der Waals surface area contributed by atoms with E-state index in [-0.39, 0.29) is 11.9 Å². The first-order valence-corrected chi connectivity index (χ1v) is 7.34. The van der Waals surface area contributed by atoms with Gasteiger partial charge < -0.3 is 16.0 Å². The Bertz CT molecular complexity index is 743. The molecule has 6 heteroatoms. The van der Waals surface area contributed by atoms with Crippen molar-refractivity contribution in [2.45, 2.75) is 0 Å². The highest BCUT2D eigenvalue weighted by molar-refractivity contribution is 6.05. The van der Waals surface area contributed by atoms with Gasteiger partial charge in [0.15, 0.2) is 0 Å². The van der Waals surface area contributed by atoms with Crippen molar-refractivity contribution in [1.29, 1.82) is 0 Å². The average Bonchev–Trinajstić information content (AvgIpc) is 2.88. The summed E-state index contributed by atoms with van der Waals surface area (Å²) >= 11 is 0. The third-order valence-electron chi connectivity index (χ3n) is 3.81. The summed E-state index contributed by atoms with van der Waals surface area (Å²) in [7, 11) is 1.77. The van der Waals surface area contributed by atoms with Crippen molar-refractivity contribution in [3.63, 3.8) is 0 Å². The van der Waals surface area contributed by atoms with Crippen LogP contribution in [0.3, 0.4) is 0 Å². The van der Waals surface area contributed by atoms with E-state index in [1.54, 1.807) is 53.2 Å². The largest absolute Gasteiger partial charge is 0.399 e. The molecule has 3 rings (SSSR count). The van der Waals surface area contributed by atoms with Crippen molar-refractivity contribution in [2.75, 3.05) is 36.1 Å². The van der Waals surface area contributed by atoms with Crippen molar-refractivity contribution >= 4 is 29.0 Å². The van der Waals surface area contributed by atoms with Crippen molar-refractivity contribution < 1.29 is 9.59 Å². The van der Waals surface area contributed by atoms with Crippen LogP contribution in [0.1, 0.15) is 10.4 Å². The molecule has 3 amide bonds. The van der Waals surface area contributed by atoms with Crippen molar-refractivity contribution in [1.82, 2.24) is 4.90 Å². The quantitative estimate of drug-likeness (QED) is 0.854. The molecule has 1 heterocycles. The summed E-state index contributed by atoms with van der Waals surface area (Å²) in [4.78, 5) is 27.6. The lowest BCUT2D eigenvalue weighted by atomic mass is 10.2. The summed E-state index contributed by atoms with van der Waals surface area (Å²) in [6.45, 7) is 1.34. The van der Waals surface area contributed by atoms with Crippen LogP contribution in [0.5, 0.6) is 0 Å². The zero-order valence-electron chi connectivity index (χ0n) is 12.8. The van der Waals surface area contributed by atoms with Gasteiger partial charge in [-0.3, -0.25) is 9.69 Å². The van der Waals surface area contributed by atoms with E-state index >= 15 is 0 Å². The van der Waals surface area contributed by atoms with Gasteiger partial charge in [0.25, 0.3) is 5.91 Å². The van der Waals surface area contributed by atoms with E-state index in [0.29, 0.717) is 30.0 Å². The van der Waals surface area contributed by atoms with Gasteiger partial charge in [-0.05, 0) is 42.5 Å². The molecule has 6 nitrogen and oxygen atoms in total. The molecule has 1 saturated heterocycles. The lowest BCUT2D eigenvalue weighted by Crippen LogP contribution is -2.29. The maximum absolute atomic E-state index is 12.2. The van der Waals surface area contributed by atoms with Crippen LogP contribution in [0.4, 0.5) is 21.9 Å². The standard InChI is InChI=1S/C17H18N4O2/c1-20-9-10-21(17(20)23)15-4-2-3-14(11-15)19-16(22)12-5-7-13(18)8-6-12/h2-8,11H,9-10,18H2,1H3,(H,19,22). The minimum Gasteiger partial charge on any atom is -0.399 e. The minimum atomic E-state index is -0.216. The number of carbonyl (C=O) groups is 2. The van der Waals surface area contributed by atoms with Crippen LogP contribution in [0, 0.1) is 0 Å². The van der Waals surface area contributed by atoms with Crippen molar-refractivity contribution in [3.8, 4) is 0 Å². The van der Waals surface area contributed by atoms with Crippen LogP contribution in [0.2, 0.25) is 0 Å². The predicted molar refractivity (Wildman–Crippen MR) is 90.6 cm³/mol. The molecule has 118 valence electrons. The van der Waals surface area contributed by atoms with Crippen LogP contribution >= 0.6 is 0 Å². The zero-order valence-corrected chi connectivity index (χ0v) is 12.8. The van der Waals surface area contributed by atoms with E-state index in [9.17, 15) is 9.59 Å². The molecule has 2 aromatic carbocycles. The van der Waals surface area contributed by atoms with Crippen molar-refractivity contribution in [3.05, 3.63) is 54.1 Å². The van der Waals surface area contributed by atoms with E-state index in [1.807, 2.05) is 12.1 Å². The molecule has 0 radical (unpaired) electrons. The Hall–Kier alpha value is -3.02. The number of nitrogens with two attached hydrogens (primary N) is 1. The number of hydrogen-bond donors (Lipinski definition) is 2. The number of nitrogens with one attached hydrogen (secondary N) is 1. The summed E-state index contributed by atoms with van der Waals surface area (Å²) in [5.74, 6) is -0.216. The molecule has 0 atom stereocenters. The monoisotopic (exact) mass is 310 g/mol. The molecule has 3 N–H and O–H groups in total. The highest BCUT2D eigenvalue weighted by atomic mass is 16.2. The summed E-state index contributed by atoms with van der Waals surface area (Å²) in [5, 5.41) is 2.84. The molecule has 23 heavy (non-hydrogen) atoms. The Morgan fingerprint density at radius 2 is 1.87 bits per heavy atom. The van der Waals surface area contributed by atoms with Crippen LogP contribution in [-0.2, 0) is 0 Å². The second-order valence-electron chi connectivity index (χ2n) is 5.48. The summed E-state index contributed by atoms with van der Waals surface area (Å²) in [6, 6.07) is 14.0. The molecule has 0 spiro atoms. The predicted octanol–water partition coefficient (Wildman–Crippen LogP) is 2.39. The number of nitrogen functional groups attached to an aromatic ring is 1. The van der Waals surface area contributed by atoms with E-state index in [4.69, 9.17) is 5.73 Å². The molecule has 1 fully saturated rings. The van der Waals surface area contributed by atoms with Gasteiger partial charge in [-0.25, -0.2) is 4.79 Å². The fraction of sp³-hybridized carbons (Fsp3) is 0.176. The Labute approximate surface area is 134 Å². The number of amides is 3. The zero-order chi connectivity index (χ0) is 16.4. The van der Waals surface area contributed by atoms with Gasteiger partial charge in [0.05, 0.1) is 0 Å². The molecule has 0 bridgehead atoms. The van der Waals surface area contributed by atoms with Gasteiger partial charge in [0, 0.05) is 42.8 Å². The van der Waals surface area contributed by atoms with E-state index in [0.717, 1.165) is 5.69 Å². The maximum Gasteiger partial charge on any atom is 0.324 e. The average molecular weight is 310 g/mol. The van der Waals surface area contributed by atoms with Crippen LogP contribution in [0.15, 0.2) is 48.5 Å². The van der Waals surface area contributed by atoms with Gasteiger partial charge in [-0.2, -0.15) is 0 Å². The summed E-state index contributed by atoms with van der Waals surface area (Å²) in [5.41, 5.74) is 8.18. The number of rotatable bonds is 3. The first kappa shape index (κ1) is 14.9. The maximum atomic E-state index is 12.2. The number of anilines is 3. The van der Waals surface area contributed by atoms with Crippen LogP contribution < -0.4 is 16.0 Å². The molecular formula is C17H18N4O2. The van der Waals surface area contributed by atoms with Gasteiger partial charge in [-0.15, -0.1) is 0 Å². The number of nitrogens with zero attached hydrogens (tertiary/aromatic N) is 2. The second-order valence-corrected chi connectivity index (χ2v) is 5.48. The SMILES string of the molecule is CN1CCN(c2cccc(NC(=O)c3ccc(N)cc3)c2)C1=O. The lowest BCUT2D eigenvalue weighted by molar-refractivity contribution is 0.102. The van der Waals surface area contributed by atoms with Gasteiger partial charge in [-0.1, -0.05) is 6.07 Å². The third-order valence-corrected chi connectivity index (χ3v) is 3.81. The van der Waals surface area contributed by atoms with Crippen LogP contribution in [-0.4, -0.2) is 37.0 Å².